The Balaban J connectivity index is 2.74. The number of aromatic nitrogens is 1. The monoisotopic (exact) mass is 149 g/mol. The molecule has 0 amide bonds. The molecule has 0 aromatic carbocycles. The van der Waals surface area contributed by atoms with E-state index in [1.54, 1.807) is 13.1 Å². The Kier molecular flexibility index (Phi) is 2.26. The molecule has 0 saturated carbocycles. The van der Waals surface area contributed by atoms with Crippen molar-refractivity contribution in [2.24, 2.45) is 0 Å². The van der Waals surface area contributed by atoms with Gasteiger partial charge in [0.2, 0.25) is 0 Å². The first-order valence-corrected chi connectivity index (χ1v) is 3.44. The number of hydrogen-bond acceptors (Lipinski definition) is 2. The SMILES string of the molecule is C=C(C)Oc1ccc(C)nc1. The fourth-order valence-electron chi connectivity index (χ4n) is 0.716. The highest BCUT2D eigenvalue weighted by Crippen LogP contribution is 2.10. The summed E-state index contributed by atoms with van der Waals surface area (Å²) in [5, 5.41) is 0. The lowest BCUT2D eigenvalue weighted by atomic mass is 10.4. The highest BCUT2D eigenvalue weighted by atomic mass is 16.5. The first-order valence-electron chi connectivity index (χ1n) is 3.44. The van der Waals surface area contributed by atoms with Gasteiger partial charge in [-0.3, -0.25) is 4.98 Å². The predicted molar refractivity (Wildman–Crippen MR) is 44.4 cm³/mol. The van der Waals surface area contributed by atoms with Crippen LogP contribution in [0.4, 0.5) is 0 Å². The first-order chi connectivity index (χ1) is 5.18. The molecule has 0 atom stereocenters. The number of pyridine rings is 1. The molecule has 0 unspecified atom stereocenters. The Morgan fingerprint density at radius 1 is 1.55 bits per heavy atom. The van der Waals surface area contributed by atoms with Gasteiger partial charge >= 0.3 is 0 Å². The second-order valence-electron chi connectivity index (χ2n) is 2.44. The van der Waals surface area contributed by atoms with Crippen molar-refractivity contribution in [3.05, 3.63) is 36.4 Å². The van der Waals surface area contributed by atoms with Gasteiger partial charge in [-0.05, 0) is 26.0 Å². The molecule has 2 nitrogen and oxygen atoms in total. The summed E-state index contributed by atoms with van der Waals surface area (Å²) in [6.45, 7) is 7.36. The lowest BCUT2D eigenvalue weighted by Crippen LogP contribution is -1.89. The molecule has 11 heavy (non-hydrogen) atoms. The third-order valence-electron chi connectivity index (χ3n) is 1.18. The van der Waals surface area contributed by atoms with Gasteiger partial charge in [0.25, 0.3) is 0 Å². The molecule has 0 saturated heterocycles. The van der Waals surface area contributed by atoms with Gasteiger partial charge in [0.05, 0.1) is 12.0 Å². The van der Waals surface area contributed by atoms with E-state index in [0.717, 1.165) is 11.4 Å². The minimum atomic E-state index is 0.677. The quantitative estimate of drug-likeness (QED) is 0.602. The summed E-state index contributed by atoms with van der Waals surface area (Å²) in [5.74, 6) is 1.42. The molecular weight excluding hydrogens is 138 g/mol. The van der Waals surface area contributed by atoms with E-state index in [-0.39, 0.29) is 0 Å². The topological polar surface area (TPSA) is 22.1 Å². The molecule has 0 radical (unpaired) electrons. The van der Waals surface area contributed by atoms with Crippen LogP contribution in [-0.4, -0.2) is 4.98 Å². The molecular formula is C9H11NO. The molecule has 0 fully saturated rings. The zero-order chi connectivity index (χ0) is 8.27. The van der Waals surface area contributed by atoms with Gasteiger partial charge in [-0.15, -0.1) is 0 Å². The third-order valence-corrected chi connectivity index (χ3v) is 1.18. The number of rotatable bonds is 2. The molecule has 1 heterocycles. The maximum absolute atomic E-state index is 5.21. The summed E-state index contributed by atoms with van der Waals surface area (Å²) in [4.78, 5) is 4.07. The lowest BCUT2D eigenvalue weighted by Gasteiger charge is -2.02. The lowest BCUT2D eigenvalue weighted by molar-refractivity contribution is 0.428. The largest absolute Gasteiger partial charge is 0.461 e. The Hall–Kier alpha value is -1.31. The van der Waals surface area contributed by atoms with Crippen molar-refractivity contribution in [2.45, 2.75) is 13.8 Å². The molecule has 1 aromatic rings. The van der Waals surface area contributed by atoms with Gasteiger partial charge in [-0.2, -0.15) is 0 Å². The smallest absolute Gasteiger partial charge is 0.145 e. The molecule has 0 aliphatic heterocycles. The van der Waals surface area contributed by atoms with E-state index in [1.165, 1.54) is 0 Å². The average molecular weight is 149 g/mol. The van der Waals surface area contributed by atoms with Crippen molar-refractivity contribution in [1.29, 1.82) is 0 Å². The fourth-order valence-corrected chi connectivity index (χ4v) is 0.716. The molecule has 0 aliphatic rings. The van der Waals surface area contributed by atoms with E-state index in [0.29, 0.717) is 5.76 Å². The zero-order valence-electron chi connectivity index (χ0n) is 6.79. The van der Waals surface area contributed by atoms with E-state index in [2.05, 4.69) is 11.6 Å². The fraction of sp³-hybridized carbons (Fsp3) is 0.222. The Morgan fingerprint density at radius 3 is 2.73 bits per heavy atom. The summed E-state index contributed by atoms with van der Waals surface area (Å²) >= 11 is 0. The standard InChI is InChI=1S/C9H11NO/c1-7(2)11-9-5-4-8(3)10-6-9/h4-6H,1H2,2-3H3. The van der Waals surface area contributed by atoms with Crippen LogP contribution in [0.2, 0.25) is 0 Å². The molecule has 1 aromatic heterocycles. The normalized spacial score (nSPS) is 9.27. The van der Waals surface area contributed by atoms with Crippen LogP contribution in [0, 0.1) is 6.92 Å². The second kappa shape index (κ2) is 3.19. The summed E-state index contributed by atoms with van der Waals surface area (Å²) in [5.41, 5.74) is 0.985. The molecule has 0 bridgehead atoms. The van der Waals surface area contributed by atoms with Crippen LogP contribution in [0.5, 0.6) is 5.75 Å². The van der Waals surface area contributed by atoms with Crippen molar-refractivity contribution in [1.82, 2.24) is 4.98 Å². The van der Waals surface area contributed by atoms with Gasteiger partial charge in [0, 0.05) is 5.69 Å². The number of nitrogens with zero attached hydrogens (tertiary/aromatic N) is 1. The average Bonchev–Trinajstić information content (AvgIpc) is 1.93. The summed E-state index contributed by atoms with van der Waals surface area (Å²) in [6, 6.07) is 3.77. The first kappa shape index (κ1) is 7.79. The summed E-state index contributed by atoms with van der Waals surface area (Å²) < 4.78 is 5.21. The van der Waals surface area contributed by atoms with E-state index >= 15 is 0 Å². The number of aryl methyl sites for hydroxylation is 1. The van der Waals surface area contributed by atoms with E-state index in [9.17, 15) is 0 Å². The van der Waals surface area contributed by atoms with Crippen LogP contribution in [0.25, 0.3) is 0 Å². The van der Waals surface area contributed by atoms with Crippen molar-refractivity contribution in [3.63, 3.8) is 0 Å². The zero-order valence-corrected chi connectivity index (χ0v) is 6.79. The van der Waals surface area contributed by atoms with Gasteiger partial charge in [0.15, 0.2) is 0 Å². The van der Waals surface area contributed by atoms with Crippen molar-refractivity contribution < 1.29 is 4.74 Å². The number of ether oxygens (including phenoxy) is 1. The Labute approximate surface area is 66.5 Å². The highest BCUT2D eigenvalue weighted by Gasteiger charge is 1.92. The minimum Gasteiger partial charge on any atom is -0.461 e. The Morgan fingerprint density at radius 2 is 2.27 bits per heavy atom. The van der Waals surface area contributed by atoms with Crippen molar-refractivity contribution in [3.8, 4) is 5.75 Å². The van der Waals surface area contributed by atoms with Gasteiger partial charge in [0.1, 0.15) is 5.75 Å². The van der Waals surface area contributed by atoms with E-state index in [1.807, 2.05) is 19.1 Å². The van der Waals surface area contributed by atoms with Crippen LogP contribution in [0.3, 0.4) is 0 Å². The van der Waals surface area contributed by atoms with E-state index < -0.39 is 0 Å². The van der Waals surface area contributed by atoms with Crippen LogP contribution in [0.15, 0.2) is 30.7 Å². The van der Waals surface area contributed by atoms with Crippen LogP contribution >= 0.6 is 0 Å². The van der Waals surface area contributed by atoms with Crippen molar-refractivity contribution >= 4 is 0 Å². The molecule has 1 rings (SSSR count). The second-order valence-corrected chi connectivity index (χ2v) is 2.44. The molecule has 2 heteroatoms. The van der Waals surface area contributed by atoms with E-state index in [4.69, 9.17) is 4.74 Å². The van der Waals surface area contributed by atoms with Gasteiger partial charge < -0.3 is 4.74 Å². The minimum absolute atomic E-state index is 0.677. The summed E-state index contributed by atoms with van der Waals surface area (Å²) in [6.07, 6.45) is 1.68. The molecule has 58 valence electrons. The molecule has 0 spiro atoms. The maximum Gasteiger partial charge on any atom is 0.145 e. The number of allylic oxidation sites excluding steroid dienone is 1. The number of hydrogen-bond donors (Lipinski definition) is 0. The highest BCUT2D eigenvalue weighted by molar-refractivity contribution is 5.20. The predicted octanol–water partition coefficient (Wildman–Crippen LogP) is 2.30. The van der Waals surface area contributed by atoms with Gasteiger partial charge in [-0.25, -0.2) is 0 Å². The summed E-state index contributed by atoms with van der Waals surface area (Å²) in [7, 11) is 0. The maximum atomic E-state index is 5.21. The molecule has 0 aliphatic carbocycles. The third kappa shape index (κ3) is 2.42. The van der Waals surface area contributed by atoms with Crippen LogP contribution < -0.4 is 4.74 Å². The van der Waals surface area contributed by atoms with Gasteiger partial charge in [-0.1, -0.05) is 6.58 Å². The molecule has 0 N–H and O–H groups in total. The van der Waals surface area contributed by atoms with Crippen LogP contribution in [0.1, 0.15) is 12.6 Å². The van der Waals surface area contributed by atoms with Crippen molar-refractivity contribution in [2.75, 3.05) is 0 Å². The van der Waals surface area contributed by atoms with Crippen LogP contribution in [-0.2, 0) is 0 Å². The Bertz CT molecular complexity index is 251.